The van der Waals surface area contributed by atoms with Crippen molar-refractivity contribution in [2.45, 2.75) is 19.9 Å². The highest BCUT2D eigenvalue weighted by Gasteiger charge is 2.17. The molecule has 0 fully saturated rings. The lowest BCUT2D eigenvalue weighted by Gasteiger charge is -2.17. The first kappa shape index (κ1) is 13.5. The molecule has 1 N–H and O–H groups in total. The van der Waals surface area contributed by atoms with E-state index in [1.807, 2.05) is 6.92 Å². The van der Waals surface area contributed by atoms with Gasteiger partial charge in [0, 0.05) is 17.4 Å². The third kappa shape index (κ3) is 2.95. The minimum Gasteiger partial charge on any atom is -0.312 e. The highest BCUT2D eigenvalue weighted by atomic mass is 32.2. The zero-order chi connectivity index (χ0) is 12.1. The van der Waals surface area contributed by atoms with Gasteiger partial charge in [-0.1, -0.05) is 19.1 Å². The van der Waals surface area contributed by atoms with Gasteiger partial charge >= 0.3 is 0 Å². The van der Waals surface area contributed by atoms with Gasteiger partial charge in [0.25, 0.3) is 0 Å². The molecule has 1 aromatic carbocycles. The van der Waals surface area contributed by atoms with Crippen molar-refractivity contribution in [1.82, 2.24) is 5.32 Å². The van der Waals surface area contributed by atoms with Gasteiger partial charge in [-0.2, -0.15) is 11.8 Å². The molecule has 0 heterocycles. The van der Waals surface area contributed by atoms with E-state index in [2.05, 4.69) is 5.32 Å². The molecular weight excluding hydrogens is 228 g/mol. The van der Waals surface area contributed by atoms with Crippen LogP contribution in [0.25, 0.3) is 0 Å². The maximum atomic E-state index is 13.7. The van der Waals surface area contributed by atoms with Gasteiger partial charge in [0.2, 0.25) is 0 Å². The average Bonchev–Trinajstić information content (AvgIpc) is 2.29. The third-order valence-corrected chi connectivity index (χ3v) is 3.50. The van der Waals surface area contributed by atoms with Gasteiger partial charge < -0.3 is 5.32 Å². The Kier molecular flexibility index (Phi) is 5.22. The Morgan fingerprint density at radius 3 is 2.56 bits per heavy atom. The van der Waals surface area contributed by atoms with Crippen molar-refractivity contribution in [2.75, 3.05) is 18.6 Å². The quantitative estimate of drug-likeness (QED) is 0.854. The average molecular weight is 245 g/mol. The van der Waals surface area contributed by atoms with E-state index < -0.39 is 11.6 Å². The van der Waals surface area contributed by atoms with Crippen molar-refractivity contribution >= 4 is 11.8 Å². The fraction of sp³-hybridized carbons (Fsp3) is 0.500. The molecule has 4 heteroatoms. The maximum absolute atomic E-state index is 13.7. The number of hydrogen-bond acceptors (Lipinski definition) is 2. The molecule has 0 aliphatic heterocycles. The topological polar surface area (TPSA) is 12.0 Å². The molecule has 0 spiro atoms. The van der Waals surface area contributed by atoms with Crippen LogP contribution in [0.1, 0.15) is 24.1 Å². The van der Waals surface area contributed by atoms with E-state index in [1.54, 1.807) is 37.9 Å². The van der Waals surface area contributed by atoms with E-state index >= 15 is 0 Å². The Morgan fingerprint density at radius 1 is 1.31 bits per heavy atom. The van der Waals surface area contributed by atoms with Crippen molar-refractivity contribution < 1.29 is 8.78 Å². The number of nitrogens with one attached hydrogen (secondary N) is 1. The summed E-state index contributed by atoms with van der Waals surface area (Å²) >= 11 is 1.70. The molecule has 1 nitrogen and oxygen atoms in total. The third-order valence-electron chi connectivity index (χ3n) is 2.52. The Hall–Kier alpha value is -0.610. The molecule has 0 aromatic heterocycles. The summed E-state index contributed by atoms with van der Waals surface area (Å²) in [5.41, 5.74) is 0.755. The molecule has 0 aliphatic carbocycles. The van der Waals surface area contributed by atoms with Crippen LogP contribution in [0.4, 0.5) is 8.78 Å². The smallest absolute Gasteiger partial charge is 0.163 e. The summed E-state index contributed by atoms with van der Waals surface area (Å²) in [6, 6.07) is 3.14. The SMILES string of the molecule is CCSCC(NC)c1ccc(C)c(F)c1F. The summed E-state index contributed by atoms with van der Waals surface area (Å²) in [5.74, 6) is 0.246. The van der Waals surface area contributed by atoms with Gasteiger partial charge in [-0.3, -0.25) is 0 Å². The summed E-state index contributed by atoms with van der Waals surface area (Å²) in [5, 5.41) is 3.01. The predicted molar refractivity (Wildman–Crippen MR) is 65.9 cm³/mol. The van der Waals surface area contributed by atoms with Crippen LogP contribution in [0.2, 0.25) is 0 Å². The van der Waals surface area contributed by atoms with E-state index in [1.165, 1.54) is 0 Å². The second-order valence-corrected chi connectivity index (χ2v) is 4.92. The number of halogens is 2. The Bertz CT molecular complexity index is 355. The van der Waals surface area contributed by atoms with Gasteiger partial charge in [0.15, 0.2) is 11.6 Å². The second-order valence-electron chi connectivity index (χ2n) is 3.60. The normalized spacial score (nSPS) is 12.8. The van der Waals surface area contributed by atoms with Crippen molar-refractivity contribution in [2.24, 2.45) is 0 Å². The standard InChI is InChI=1S/C12H17F2NS/c1-4-16-7-10(15-3)9-6-5-8(2)11(13)12(9)14/h5-6,10,15H,4,7H2,1-3H3. The molecule has 0 amide bonds. The summed E-state index contributed by atoms with van der Waals surface area (Å²) in [6.45, 7) is 3.61. The van der Waals surface area contributed by atoms with Gasteiger partial charge in [-0.05, 0) is 25.3 Å². The lowest BCUT2D eigenvalue weighted by Crippen LogP contribution is -2.20. The van der Waals surface area contributed by atoms with Crippen LogP contribution in [-0.4, -0.2) is 18.6 Å². The Labute approximate surface area is 99.6 Å². The van der Waals surface area contributed by atoms with Crippen LogP contribution in [0, 0.1) is 18.6 Å². The van der Waals surface area contributed by atoms with Crippen LogP contribution < -0.4 is 5.32 Å². The largest absolute Gasteiger partial charge is 0.312 e. The van der Waals surface area contributed by atoms with E-state index in [9.17, 15) is 8.78 Å². The van der Waals surface area contributed by atoms with E-state index in [0.717, 1.165) is 11.5 Å². The number of hydrogen-bond donors (Lipinski definition) is 1. The molecule has 1 aromatic rings. The van der Waals surface area contributed by atoms with Crippen molar-refractivity contribution in [3.05, 3.63) is 34.9 Å². The van der Waals surface area contributed by atoms with Gasteiger partial charge in [0.1, 0.15) is 0 Å². The number of thioether (sulfide) groups is 1. The Morgan fingerprint density at radius 2 is 2.00 bits per heavy atom. The monoisotopic (exact) mass is 245 g/mol. The van der Waals surface area contributed by atoms with Crippen LogP contribution >= 0.6 is 11.8 Å². The molecule has 0 saturated carbocycles. The van der Waals surface area contributed by atoms with Crippen LogP contribution in [-0.2, 0) is 0 Å². The zero-order valence-electron chi connectivity index (χ0n) is 9.81. The number of rotatable bonds is 5. The fourth-order valence-corrected chi connectivity index (χ4v) is 2.31. The Balaban J connectivity index is 2.96. The fourth-order valence-electron chi connectivity index (χ4n) is 1.49. The van der Waals surface area contributed by atoms with E-state index in [0.29, 0.717) is 11.1 Å². The van der Waals surface area contributed by atoms with Crippen LogP contribution in [0.3, 0.4) is 0 Å². The number of aryl methyl sites for hydroxylation is 1. The van der Waals surface area contributed by atoms with Crippen LogP contribution in [0.15, 0.2) is 12.1 Å². The minimum atomic E-state index is -0.737. The van der Waals surface area contributed by atoms with Crippen molar-refractivity contribution in [1.29, 1.82) is 0 Å². The minimum absolute atomic E-state index is 0.139. The summed E-state index contributed by atoms with van der Waals surface area (Å²) in [7, 11) is 1.76. The molecule has 0 saturated heterocycles. The van der Waals surface area contributed by atoms with E-state index in [-0.39, 0.29) is 6.04 Å². The van der Waals surface area contributed by atoms with Crippen LogP contribution in [0.5, 0.6) is 0 Å². The highest BCUT2D eigenvalue weighted by molar-refractivity contribution is 7.99. The maximum Gasteiger partial charge on any atom is 0.163 e. The first-order valence-electron chi connectivity index (χ1n) is 5.31. The molecule has 1 rings (SSSR count). The van der Waals surface area contributed by atoms with Gasteiger partial charge in [-0.15, -0.1) is 0 Å². The van der Waals surface area contributed by atoms with Crippen molar-refractivity contribution in [3.63, 3.8) is 0 Å². The molecule has 1 unspecified atom stereocenters. The zero-order valence-corrected chi connectivity index (χ0v) is 10.6. The first-order chi connectivity index (χ1) is 7.61. The summed E-state index contributed by atoms with van der Waals surface area (Å²) < 4.78 is 27.1. The molecule has 16 heavy (non-hydrogen) atoms. The molecular formula is C12H17F2NS. The second kappa shape index (κ2) is 6.21. The number of benzene rings is 1. The molecule has 90 valence electrons. The lowest BCUT2D eigenvalue weighted by atomic mass is 10.1. The molecule has 0 radical (unpaired) electrons. The molecule has 0 aliphatic rings. The summed E-state index contributed by atoms with van der Waals surface area (Å²) in [4.78, 5) is 0. The first-order valence-corrected chi connectivity index (χ1v) is 6.46. The summed E-state index contributed by atoms with van der Waals surface area (Å²) in [6.07, 6.45) is 0. The van der Waals surface area contributed by atoms with Gasteiger partial charge in [0.05, 0.1) is 0 Å². The van der Waals surface area contributed by atoms with Crippen molar-refractivity contribution in [3.8, 4) is 0 Å². The molecule has 1 atom stereocenters. The lowest BCUT2D eigenvalue weighted by molar-refractivity contribution is 0.479. The molecule has 0 bridgehead atoms. The van der Waals surface area contributed by atoms with E-state index in [4.69, 9.17) is 0 Å². The predicted octanol–water partition coefficient (Wildman–Crippen LogP) is 3.29. The highest BCUT2D eigenvalue weighted by Crippen LogP contribution is 2.24. The van der Waals surface area contributed by atoms with Gasteiger partial charge in [-0.25, -0.2) is 8.78 Å².